The Morgan fingerprint density at radius 3 is 2.45 bits per heavy atom. The minimum Gasteiger partial charge on any atom is -0.394 e. The molecule has 1 saturated carbocycles. The molecular weight excluding hydrogens is 266 g/mol. The molecule has 0 saturated heterocycles. The van der Waals surface area contributed by atoms with Gasteiger partial charge in [0.2, 0.25) is 0 Å². The van der Waals surface area contributed by atoms with Crippen molar-refractivity contribution >= 4 is 11.8 Å². The number of benzene rings is 1. The Morgan fingerprint density at radius 1 is 1.30 bits per heavy atom. The average molecular weight is 293 g/mol. The lowest BCUT2D eigenvalue weighted by Crippen LogP contribution is -2.47. The van der Waals surface area contributed by atoms with Gasteiger partial charge in [0.15, 0.2) is 0 Å². The molecule has 0 heterocycles. The quantitative estimate of drug-likeness (QED) is 0.715. The first kappa shape index (κ1) is 15.9. The third-order valence-electron chi connectivity index (χ3n) is 3.95. The Balaban J connectivity index is 1.79. The van der Waals surface area contributed by atoms with E-state index in [1.54, 1.807) is 0 Å². The zero-order valence-corrected chi connectivity index (χ0v) is 13.7. The number of hydrogen-bond donors (Lipinski definition) is 2. The molecule has 1 aromatic carbocycles. The maximum atomic E-state index is 9.58. The fourth-order valence-electron chi connectivity index (χ4n) is 2.26. The molecule has 1 atom stereocenters. The smallest absolute Gasteiger partial charge is 0.0610 e. The van der Waals surface area contributed by atoms with Crippen LogP contribution < -0.4 is 5.32 Å². The summed E-state index contributed by atoms with van der Waals surface area (Å²) in [5, 5.41) is 13.1. The fourth-order valence-corrected chi connectivity index (χ4v) is 3.38. The summed E-state index contributed by atoms with van der Waals surface area (Å²) in [7, 11) is 0. The van der Waals surface area contributed by atoms with Gasteiger partial charge in [-0.1, -0.05) is 26.0 Å². The van der Waals surface area contributed by atoms with Gasteiger partial charge in [-0.05, 0) is 55.6 Å². The van der Waals surface area contributed by atoms with Crippen LogP contribution in [0.1, 0.15) is 51.5 Å². The summed E-state index contributed by atoms with van der Waals surface area (Å²) in [4.78, 5) is 1.32. The Morgan fingerprint density at radius 2 is 1.95 bits per heavy atom. The normalized spacial score (nSPS) is 18.2. The van der Waals surface area contributed by atoms with E-state index >= 15 is 0 Å². The first-order valence-corrected chi connectivity index (χ1v) is 8.62. The highest BCUT2D eigenvalue weighted by Gasteiger charge is 2.31. The van der Waals surface area contributed by atoms with Gasteiger partial charge in [0.25, 0.3) is 0 Å². The molecule has 3 heteroatoms. The van der Waals surface area contributed by atoms with Crippen molar-refractivity contribution in [2.24, 2.45) is 0 Å². The van der Waals surface area contributed by atoms with E-state index in [0.29, 0.717) is 12.0 Å². The molecule has 0 radical (unpaired) electrons. The van der Waals surface area contributed by atoms with E-state index in [4.69, 9.17) is 0 Å². The number of rotatable bonds is 8. The molecular formula is C17H27NOS. The summed E-state index contributed by atoms with van der Waals surface area (Å²) in [5.74, 6) is 1.63. The largest absolute Gasteiger partial charge is 0.394 e. The van der Waals surface area contributed by atoms with Gasteiger partial charge in [0.05, 0.1) is 6.61 Å². The minimum atomic E-state index is -0.119. The summed E-state index contributed by atoms with van der Waals surface area (Å²) in [6, 6.07) is 9.51. The lowest BCUT2D eigenvalue weighted by atomic mass is 10.0. The van der Waals surface area contributed by atoms with Crippen LogP contribution in [-0.4, -0.2) is 29.0 Å². The van der Waals surface area contributed by atoms with Gasteiger partial charge in [-0.2, -0.15) is 0 Å². The van der Waals surface area contributed by atoms with Crippen molar-refractivity contribution in [1.82, 2.24) is 5.32 Å². The average Bonchev–Trinajstić information content (AvgIpc) is 3.23. The van der Waals surface area contributed by atoms with Crippen LogP contribution in [0.3, 0.4) is 0 Å². The summed E-state index contributed by atoms with van der Waals surface area (Å²) in [5.41, 5.74) is 1.27. The second-order valence-corrected chi connectivity index (χ2v) is 7.63. The number of hydrogen-bond acceptors (Lipinski definition) is 3. The van der Waals surface area contributed by atoms with Crippen molar-refractivity contribution in [3.05, 3.63) is 29.8 Å². The van der Waals surface area contributed by atoms with Crippen molar-refractivity contribution in [2.45, 2.75) is 62.4 Å². The Hall–Kier alpha value is -0.510. The summed E-state index contributed by atoms with van der Waals surface area (Å²) in [6.45, 7) is 6.79. The van der Waals surface area contributed by atoms with Crippen LogP contribution in [0, 0.1) is 0 Å². The first-order valence-electron chi connectivity index (χ1n) is 7.64. The molecule has 1 fully saturated rings. The highest BCUT2D eigenvalue weighted by Crippen LogP contribution is 2.27. The van der Waals surface area contributed by atoms with E-state index < -0.39 is 0 Å². The monoisotopic (exact) mass is 293 g/mol. The molecule has 20 heavy (non-hydrogen) atoms. The standard InChI is InChI=1S/C17H27NOS/c1-13(2)14-4-8-16(9-5-14)20-11-10-17(3,12-19)18-15-6-7-15/h4-5,8-9,13,15,18-19H,6-7,10-12H2,1-3H3. The van der Waals surface area contributed by atoms with Crippen LogP contribution in [0.5, 0.6) is 0 Å². The van der Waals surface area contributed by atoms with E-state index in [9.17, 15) is 5.11 Å². The van der Waals surface area contributed by atoms with Crippen molar-refractivity contribution in [1.29, 1.82) is 0 Å². The van der Waals surface area contributed by atoms with Crippen LogP contribution in [0.25, 0.3) is 0 Å². The van der Waals surface area contributed by atoms with Crippen LogP contribution in [0.4, 0.5) is 0 Å². The van der Waals surface area contributed by atoms with E-state index in [1.807, 2.05) is 11.8 Å². The zero-order chi connectivity index (χ0) is 14.6. The highest BCUT2D eigenvalue weighted by molar-refractivity contribution is 7.99. The topological polar surface area (TPSA) is 32.3 Å². The first-order chi connectivity index (χ1) is 9.52. The number of aliphatic hydroxyl groups is 1. The van der Waals surface area contributed by atoms with Gasteiger partial charge in [-0.15, -0.1) is 11.8 Å². The van der Waals surface area contributed by atoms with Crippen molar-refractivity contribution in [2.75, 3.05) is 12.4 Å². The maximum Gasteiger partial charge on any atom is 0.0610 e. The molecule has 112 valence electrons. The zero-order valence-electron chi connectivity index (χ0n) is 12.9. The van der Waals surface area contributed by atoms with Gasteiger partial charge in [0, 0.05) is 16.5 Å². The lowest BCUT2D eigenvalue weighted by Gasteiger charge is -2.28. The fraction of sp³-hybridized carbons (Fsp3) is 0.647. The summed E-state index contributed by atoms with van der Waals surface area (Å²) < 4.78 is 0. The Labute approximate surface area is 127 Å². The third kappa shape index (κ3) is 4.80. The molecule has 1 unspecified atom stereocenters. The maximum absolute atomic E-state index is 9.58. The molecule has 0 spiro atoms. The van der Waals surface area contributed by atoms with E-state index in [-0.39, 0.29) is 12.1 Å². The molecule has 1 aliphatic rings. The van der Waals surface area contributed by atoms with Crippen molar-refractivity contribution in [3.8, 4) is 0 Å². The lowest BCUT2D eigenvalue weighted by molar-refractivity contribution is 0.169. The predicted molar refractivity (Wildman–Crippen MR) is 87.5 cm³/mol. The Kier molecular flexibility index (Phi) is 5.53. The molecule has 2 rings (SSSR count). The van der Waals surface area contributed by atoms with Gasteiger partial charge in [-0.25, -0.2) is 0 Å². The molecule has 0 bridgehead atoms. The summed E-state index contributed by atoms with van der Waals surface area (Å²) in [6.07, 6.45) is 3.52. The Bertz CT molecular complexity index is 414. The second-order valence-electron chi connectivity index (χ2n) is 6.46. The van der Waals surface area contributed by atoms with E-state index in [2.05, 4.69) is 50.4 Å². The van der Waals surface area contributed by atoms with Gasteiger partial charge in [0.1, 0.15) is 0 Å². The van der Waals surface area contributed by atoms with Gasteiger partial charge < -0.3 is 10.4 Å². The van der Waals surface area contributed by atoms with Crippen LogP contribution in [0.2, 0.25) is 0 Å². The van der Waals surface area contributed by atoms with Crippen LogP contribution in [0.15, 0.2) is 29.2 Å². The number of nitrogens with one attached hydrogen (secondary N) is 1. The van der Waals surface area contributed by atoms with Gasteiger partial charge in [-0.3, -0.25) is 0 Å². The van der Waals surface area contributed by atoms with Crippen molar-refractivity contribution in [3.63, 3.8) is 0 Å². The third-order valence-corrected chi connectivity index (χ3v) is 4.96. The second kappa shape index (κ2) is 6.97. The van der Waals surface area contributed by atoms with Crippen LogP contribution >= 0.6 is 11.8 Å². The molecule has 2 nitrogen and oxygen atoms in total. The summed E-state index contributed by atoms with van der Waals surface area (Å²) >= 11 is 1.88. The highest BCUT2D eigenvalue weighted by atomic mass is 32.2. The van der Waals surface area contributed by atoms with E-state index in [1.165, 1.54) is 23.3 Å². The molecule has 0 amide bonds. The number of thioether (sulfide) groups is 1. The molecule has 0 aliphatic heterocycles. The van der Waals surface area contributed by atoms with Gasteiger partial charge >= 0.3 is 0 Å². The molecule has 0 aromatic heterocycles. The van der Waals surface area contributed by atoms with Crippen LogP contribution in [-0.2, 0) is 0 Å². The minimum absolute atomic E-state index is 0.119. The molecule has 2 N–H and O–H groups in total. The molecule has 1 aromatic rings. The molecule has 1 aliphatic carbocycles. The predicted octanol–water partition coefficient (Wildman–Crippen LogP) is 3.80. The van der Waals surface area contributed by atoms with E-state index in [0.717, 1.165) is 12.2 Å². The SMILES string of the molecule is CC(C)c1ccc(SCCC(C)(CO)NC2CC2)cc1. The van der Waals surface area contributed by atoms with Crippen molar-refractivity contribution < 1.29 is 5.11 Å². The number of aliphatic hydroxyl groups excluding tert-OH is 1.